The van der Waals surface area contributed by atoms with Crippen LogP contribution in [0, 0.1) is 11.3 Å². The van der Waals surface area contributed by atoms with Gasteiger partial charge in [-0.15, -0.1) is 0 Å². The van der Waals surface area contributed by atoms with E-state index in [1.54, 1.807) is 4.90 Å². The predicted molar refractivity (Wildman–Crippen MR) is 94.6 cm³/mol. The average Bonchev–Trinajstić information content (AvgIpc) is 2.66. The van der Waals surface area contributed by atoms with Crippen LogP contribution in [-0.2, 0) is 20.9 Å². The maximum Gasteiger partial charge on any atom is 0.410 e. The zero-order valence-electron chi connectivity index (χ0n) is 14.6. The van der Waals surface area contributed by atoms with Crippen molar-refractivity contribution in [1.29, 1.82) is 5.26 Å². The van der Waals surface area contributed by atoms with E-state index in [0.717, 1.165) is 12.1 Å². The van der Waals surface area contributed by atoms with E-state index in [1.807, 2.05) is 30.3 Å². The van der Waals surface area contributed by atoms with Gasteiger partial charge < -0.3 is 25.2 Å². The van der Waals surface area contributed by atoms with E-state index in [1.165, 1.54) is 0 Å². The molecule has 1 aromatic rings. The van der Waals surface area contributed by atoms with Crippen LogP contribution in [0.3, 0.4) is 0 Å². The molecule has 1 aliphatic heterocycles. The fourth-order valence-electron chi connectivity index (χ4n) is 2.23. The SMILES string of the molecule is N#CC[C@H]1CNCCN1C(=O)OCc1ccccc1.O=C(O)/C=C/C(=O)O. The van der Waals surface area contributed by atoms with Crippen LogP contribution in [-0.4, -0.2) is 58.8 Å². The van der Waals surface area contributed by atoms with E-state index in [-0.39, 0.29) is 18.7 Å². The molecule has 0 radical (unpaired) electrons. The monoisotopic (exact) mass is 375 g/mol. The van der Waals surface area contributed by atoms with E-state index >= 15 is 0 Å². The number of hydrogen-bond acceptors (Lipinski definition) is 6. The predicted octanol–water partition coefficient (Wildman–Crippen LogP) is 1.22. The molecule has 1 atom stereocenters. The molecule has 0 spiro atoms. The Hall–Kier alpha value is -3.38. The molecule has 144 valence electrons. The van der Waals surface area contributed by atoms with Gasteiger partial charge in [0.25, 0.3) is 0 Å². The standard InChI is InChI=1S/C14H17N3O2.C4H4O4/c15-7-6-13-10-16-8-9-17(13)14(18)19-11-12-4-2-1-3-5-12;5-3(6)1-2-4(7)8/h1-5,13,16H,6,8-11H2;1-2H,(H,5,6)(H,7,8)/b;2-1+/t13-;/m0./s1. The van der Waals surface area contributed by atoms with Gasteiger partial charge in [-0.25, -0.2) is 14.4 Å². The smallest absolute Gasteiger partial charge is 0.410 e. The molecule has 9 heteroatoms. The minimum Gasteiger partial charge on any atom is -0.478 e. The van der Waals surface area contributed by atoms with Gasteiger partial charge in [0.05, 0.1) is 18.5 Å². The third kappa shape index (κ3) is 9.04. The molecule has 1 aromatic carbocycles. The van der Waals surface area contributed by atoms with E-state index in [9.17, 15) is 14.4 Å². The normalized spacial score (nSPS) is 16.0. The molecule has 1 amide bonds. The van der Waals surface area contributed by atoms with Crippen LogP contribution >= 0.6 is 0 Å². The molecule has 1 heterocycles. The number of piperazine rings is 1. The maximum atomic E-state index is 12.0. The molecule has 1 aliphatic rings. The number of nitrogens with one attached hydrogen (secondary N) is 1. The minimum atomic E-state index is -1.26. The number of nitriles is 1. The Morgan fingerprint density at radius 1 is 1.22 bits per heavy atom. The van der Waals surface area contributed by atoms with Gasteiger partial charge >= 0.3 is 18.0 Å². The Balaban J connectivity index is 0.000000387. The third-order valence-corrected chi connectivity index (χ3v) is 3.49. The highest BCUT2D eigenvalue weighted by molar-refractivity contribution is 5.89. The van der Waals surface area contributed by atoms with Crippen molar-refractivity contribution >= 4 is 18.0 Å². The number of benzene rings is 1. The highest BCUT2D eigenvalue weighted by Crippen LogP contribution is 2.10. The zero-order chi connectivity index (χ0) is 20.1. The van der Waals surface area contributed by atoms with Gasteiger partial charge in [0.15, 0.2) is 0 Å². The van der Waals surface area contributed by atoms with Crippen LogP contribution in [0.2, 0.25) is 0 Å². The topological polar surface area (TPSA) is 140 Å². The first-order chi connectivity index (χ1) is 12.9. The lowest BCUT2D eigenvalue weighted by Gasteiger charge is -2.34. The van der Waals surface area contributed by atoms with E-state index in [4.69, 9.17) is 20.2 Å². The molecule has 2 rings (SSSR count). The second-order valence-corrected chi connectivity index (χ2v) is 5.46. The molecule has 3 N–H and O–H groups in total. The van der Waals surface area contributed by atoms with Crippen LogP contribution < -0.4 is 5.32 Å². The van der Waals surface area contributed by atoms with Crippen molar-refractivity contribution in [3.8, 4) is 6.07 Å². The number of aliphatic carboxylic acids is 2. The van der Waals surface area contributed by atoms with Gasteiger partial charge in [0, 0.05) is 31.8 Å². The third-order valence-electron chi connectivity index (χ3n) is 3.49. The quantitative estimate of drug-likeness (QED) is 0.653. The van der Waals surface area contributed by atoms with Gasteiger partial charge in [-0.2, -0.15) is 5.26 Å². The molecule has 0 aliphatic carbocycles. The number of nitrogens with zero attached hydrogens (tertiary/aromatic N) is 2. The lowest BCUT2D eigenvalue weighted by molar-refractivity contribution is -0.134. The summed E-state index contributed by atoms with van der Waals surface area (Å²) >= 11 is 0. The number of amides is 1. The fourth-order valence-corrected chi connectivity index (χ4v) is 2.23. The number of carbonyl (C=O) groups is 3. The van der Waals surface area contributed by atoms with Gasteiger partial charge in [-0.1, -0.05) is 30.3 Å². The molecule has 9 nitrogen and oxygen atoms in total. The highest BCUT2D eigenvalue weighted by atomic mass is 16.6. The van der Waals surface area contributed by atoms with Crippen molar-refractivity contribution < 1.29 is 29.3 Å². The second kappa shape index (κ2) is 12.1. The lowest BCUT2D eigenvalue weighted by atomic mass is 10.1. The Morgan fingerprint density at radius 2 is 1.85 bits per heavy atom. The van der Waals surface area contributed by atoms with Crippen LogP contribution in [0.15, 0.2) is 42.5 Å². The first-order valence-corrected chi connectivity index (χ1v) is 8.13. The Kier molecular flexibility index (Phi) is 9.67. The Labute approximate surface area is 156 Å². The van der Waals surface area contributed by atoms with Crippen molar-refractivity contribution in [2.45, 2.75) is 19.1 Å². The number of rotatable bonds is 5. The molecule has 0 aromatic heterocycles. The van der Waals surface area contributed by atoms with E-state index < -0.39 is 11.9 Å². The Morgan fingerprint density at radius 3 is 2.41 bits per heavy atom. The minimum absolute atomic E-state index is 0.0953. The largest absolute Gasteiger partial charge is 0.478 e. The summed E-state index contributed by atoms with van der Waals surface area (Å²) < 4.78 is 5.29. The highest BCUT2D eigenvalue weighted by Gasteiger charge is 2.27. The molecule has 0 saturated carbocycles. The number of carboxylic acids is 2. The molecule has 0 bridgehead atoms. The van der Waals surface area contributed by atoms with Gasteiger partial charge in [0.1, 0.15) is 6.61 Å². The van der Waals surface area contributed by atoms with Crippen LogP contribution in [0.1, 0.15) is 12.0 Å². The number of carboxylic acid groups (broad SMARTS) is 2. The molecule has 27 heavy (non-hydrogen) atoms. The first-order valence-electron chi connectivity index (χ1n) is 8.13. The number of ether oxygens (including phenoxy) is 1. The fraction of sp³-hybridized carbons (Fsp3) is 0.333. The van der Waals surface area contributed by atoms with Gasteiger partial charge in [-0.05, 0) is 5.56 Å². The molecule has 1 saturated heterocycles. The summed E-state index contributed by atoms with van der Waals surface area (Å²) in [7, 11) is 0. The second-order valence-electron chi connectivity index (χ2n) is 5.46. The summed E-state index contributed by atoms with van der Waals surface area (Å²) in [5.41, 5.74) is 0.961. The number of carbonyl (C=O) groups excluding carboxylic acids is 1. The molecular formula is C18H21N3O6. The maximum absolute atomic E-state index is 12.0. The van der Waals surface area contributed by atoms with Crippen molar-refractivity contribution in [3.63, 3.8) is 0 Å². The molecule has 0 unspecified atom stereocenters. The molecule has 1 fully saturated rings. The summed E-state index contributed by atoms with van der Waals surface area (Å²) in [4.78, 5) is 32.8. The van der Waals surface area contributed by atoms with E-state index in [2.05, 4.69) is 11.4 Å². The summed E-state index contributed by atoms with van der Waals surface area (Å²) in [6.07, 6.45) is 1.10. The number of hydrogen-bond donors (Lipinski definition) is 3. The summed E-state index contributed by atoms with van der Waals surface area (Å²) in [5.74, 6) is -2.51. The van der Waals surface area contributed by atoms with Crippen LogP contribution in [0.4, 0.5) is 4.79 Å². The first kappa shape index (κ1) is 21.7. The molecular weight excluding hydrogens is 354 g/mol. The van der Waals surface area contributed by atoms with Gasteiger partial charge in [0.2, 0.25) is 0 Å². The Bertz CT molecular complexity index is 683. The van der Waals surface area contributed by atoms with Gasteiger partial charge in [-0.3, -0.25) is 0 Å². The summed E-state index contributed by atoms with van der Waals surface area (Å²) in [6, 6.07) is 11.6. The van der Waals surface area contributed by atoms with E-state index in [0.29, 0.717) is 31.7 Å². The van der Waals surface area contributed by atoms with Crippen molar-refractivity contribution in [1.82, 2.24) is 10.2 Å². The zero-order valence-corrected chi connectivity index (χ0v) is 14.6. The van der Waals surface area contributed by atoms with Crippen LogP contribution in [0.25, 0.3) is 0 Å². The average molecular weight is 375 g/mol. The van der Waals surface area contributed by atoms with Crippen molar-refractivity contribution in [2.24, 2.45) is 0 Å². The lowest BCUT2D eigenvalue weighted by Crippen LogP contribution is -2.53. The summed E-state index contributed by atoms with van der Waals surface area (Å²) in [6.45, 7) is 2.24. The van der Waals surface area contributed by atoms with Crippen molar-refractivity contribution in [2.75, 3.05) is 19.6 Å². The van der Waals surface area contributed by atoms with Crippen LogP contribution in [0.5, 0.6) is 0 Å². The van der Waals surface area contributed by atoms with Crippen molar-refractivity contribution in [3.05, 3.63) is 48.0 Å². The summed E-state index contributed by atoms with van der Waals surface area (Å²) in [5, 5.41) is 27.6.